The molecule has 0 aliphatic heterocycles. The monoisotopic (exact) mass is 314 g/mol. The lowest BCUT2D eigenvalue weighted by Crippen LogP contribution is -2.35. The average molecular weight is 314 g/mol. The Morgan fingerprint density at radius 2 is 1.95 bits per heavy atom. The zero-order valence-corrected chi connectivity index (χ0v) is 13.6. The Hall–Kier alpha value is -1.76. The molecule has 0 aliphatic rings. The van der Waals surface area contributed by atoms with E-state index in [1.54, 1.807) is 33.8 Å². The minimum Gasteiger partial charge on any atom is -0.444 e. The maximum atomic E-state index is 12.1. The molecule has 0 heterocycles. The molecule has 0 spiro atoms. The third kappa shape index (κ3) is 5.63. The minimum absolute atomic E-state index is 0.0132. The Labute approximate surface area is 125 Å². The minimum atomic E-state index is -3.46. The van der Waals surface area contributed by atoms with Crippen LogP contribution in [0, 0.1) is 6.92 Å². The van der Waals surface area contributed by atoms with E-state index in [1.165, 1.54) is 12.1 Å². The van der Waals surface area contributed by atoms with E-state index in [1.807, 2.05) is 0 Å². The summed E-state index contributed by atoms with van der Waals surface area (Å²) in [6.45, 7) is 6.94. The number of anilines is 1. The van der Waals surface area contributed by atoms with E-state index in [2.05, 4.69) is 5.32 Å². The number of aryl methyl sites for hydroxylation is 1. The van der Waals surface area contributed by atoms with Gasteiger partial charge in [0.25, 0.3) is 0 Å². The fourth-order valence-electron chi connectivity index (χ4n) is 1.56. The second-order valence-electron chi connectivity index (χ2n) is 5.77. The predicted octanol–water partition coefficient (Wildman–Crippen LogP) is 1.88. The molecule has 7 heteroatoms. The molecule has 0 aliphatic carbocycles. The molecule has 118 valence electrons. The van der Waals surface area contributed by atoms with E-state index in [9.17, 15) is 13.2 Å². The van der Waals surface area contributed by atoms with Crippen molar-refractivity contribution in [1.82, 2.24) is 5.32 Å². The summed E-state index contributed by atoms with van der Waals surface area (Å²) in [5, 5.41) is 2.43. The van der Waals surface area contributed by atoms with Gasteiger partial charge in [-0.2, -0.15) is 0 Å². The van der Waals surface area contributed by atoms with Gasteiger partial charge in [0.2, 0.25) is 0 Å². The van der Waals surface area contributed by atoms with Crippen LogP contribution in [0.2, 0.25) is 0 Å². The Bertz CT molecular complexity index is 618. The fourth-order valence-corrected chi connectivity index (χ4v) is 2.80. The average Bonchev–Trinajstić information content (AvgIpc) is 2.29. The molecule has 0 radical (unpaired) electrons. The molecule has 0 unspecified atom stereocenters. The first kappa shape index (κ1) is 17.3. The molecule has 6 nitrogen and oxygen atoms in total. The lowest BCUT2D eigenvalue weighted by atomic mass is 10.2. The van der Waals surface area contributed by atoms with Gasteiger partial charge in [-0.05, 0) is 51.5 Å². The highest BCUT2D eigenvalue weighted by Gasteiger charge is 2.18. The third-order valence-corrected chi connectivity index (χ3v) is 4.35. The van der Waals surface area contributed by atoms with Gasteiger partial charge < -0.3 is 15.8 Å². The largest absolute Gasteiger partial charge is 0.444 e. The van der Waals surface area contributed by atoms with Crippen molar-refractivity contribution in [2.45, 2.75) is 38.2 Å². The van der Waals surface area contributed by atoms with Gasteiger partial charge in [0.15, 0.2) is 9.84 Å². The summed E-state index contributed by atoms with van der Waals surface area (Å²) in [6.07, 6.45) is -0.633. The summed E-state index contributed by atoms with van der Waals surface area (Å²) < 4.78 is 29.3. The zero-order valence-electron chi connectivity index (χ0n) is 12.8. The van der Waals surface area contributed by atoms with Crippen LogP contribution in [-0.4, -0.2) is 32.4 Å². The van der Waals surface area contributed by atoms with Crippen molar-refractivity contribution >= 4 is 21.6 Å². The maximum absolute atomic E-state index is 12.1. The Morgan fingerprint density at radius 3 is 2.48 bits per heavy atom. The molecule has 0 bridgehead atoms. The molecule has 1 amide bonds. The van der Waals surface area contributed by atoms with Crippen LogP contribution in [0.4, 0.5) is 10.5 Å². The van der Waals surface area contributed by atoms with Gasteiger partial charge in [-0.3, -0.25) is 0 Å². The molecule has 1 aromatic rings. The number of nitrogens with two attached hydrogens (primary N) is 1. The van der Waals surface area contributed by atoms with E-state index in [0.29, 0.717) is 11.3 Å². The summed E-state index contributed by atoms with van der Waals surface area (Å²) in [5.41, 5.74) is 6.30. The first-order chi connectivity index (χ1) is 9.51. The Balaban J connectivity index is 2.61. The first-order valence-electron chi connectivity index (χ1n) is 6.57. The van der Waals surface area contributed by atoms with Gasteiger partial charge in [-0.15, -0.1) is 0 Å². The molecule has 0 fully saturated rings. The van der Waals surface area contributed by atoms with Crippen LogP contribution < -0.4 is 11.1 Å². The molecule has 1 rings (SSSR count). The SMILES string of the molecule is Cc1cc(S(=O)(=O)CCNC(=O)OC(C)(C)C)ccc1N. The highest BCUT2D eigenvalue weighted by atomic mass is 32.2. The topological polar surface area (TPSA) is 98.5 Å². The number of nitrogen functional groups attached to an aromatic ring is 1. The van der Waals surface area contributed by atoms with Crippen LogP contribution in [0.15, 0.2) is 23.1 Å². The van der Waals surface area contributed by atoms with Crippen molar-refractivity contribution in [3.05, 3.63) is 23.8 Å². The summed E-state index contributed by atoms with van der Waals surface area (Å²) in [6, 6.07) is 4.55. The lowest BCUT2D eigenvalue weighted by molar-refractivity contribution is 0.0531. The van der Waals surface area contributed by atoms with Crippen molar-refractivity contribution in [1.29, 1.82) is 0 Å². The number of ether oxygens (including phenoxy) is 1. The Kier molecular flexibility index (Phi) is 5.22. The van der Waals surface area contributed by atoms with Crippen LogP contribution in [0.1, 0.15) is 26.3 Å². The number of carbonyl (C=O) groups is 1. The third-order valence-electron chi connectivity index (χ3n) is 2.64. The first-order valence-corrected chi connectivity index (χ1v) is 8.22. The van der Waals surface area contributed by atoms with E-state index in [4.69, 9.17) is 10.5 Å². The lowest BCUT2D eigenvalue weighted by Gasteiger charge is -2.19. The van der Waals surface area contributed by atoms with Crippen molar-refractivity contribution in [2.75, 3.05) is 18.0 Å². The van der Waals surface area contributed by atoms with Crippen molar-refractivity contribution < 1.29 is 17.9 Å². The van der Waals surface area contributed by atoms with Gasteiger partial charge >= 0.3 is 6.09 Å². The number of carbonyl (C=O) groups excluding carboxylic acids is 1. The van der Waals surface area contributed by atoms with E-state index in [-0.39, 0.29) is 17.2 Å². The molecule has 0 saturated heterocycles. The van der Waals surface area contributed by atoms with Crippen LogP contribution in [-0.2, 0) is 14.6 Å². The molecular weight excluding hydrogens is 292 g/mol. The number of hydrogen-bond acceptors (Lipinski definition) is 5. The molecular formula is C14H22N2O4S. The highest BCUT2D eigenvalue weighted by molar-refractivity contribution is 7.91. The summed E-state index contributed by atoms with van der Waals surface area (Å²) in [7, 11) is -3.46. The number of rotatable bonds is 4. The second kappa shape index (κ2) is 6.34. The van der Waals surface area contributed by atoms with Gasteiger partial charge in [-0.1, -0.05) is 0 Å². The van der Waals surface area contributed by atoms with Crippen molar-refractivity contribution in [2.24, 2.45) is 0 Å². The molecule has 1 aromatic carbocycles. The van der Waals surface area contributed by atoms with Crippen molar-refractivity contribution in [3.8, 4) is 0 Å². The number of amides is 1. The number of sulfone groups is 1. The quantitative estimate of drug-likeness (QED) is 0.827. The van der Waals surface area contributed by atoms with Gasteiger partial charge in [0.05, 0.1) is 10.6 Å². The summed E-state index contributed by atoms with van der Waals surface area (Å²) >= 11 is 0. The summed E-state index contributed by atoms with van der Waals surface area (Å²) in [5.74, 6) is -0.199. The molecule has 21 heavy (non-hydrogen) atoms. The number of benzene rings is 1. The van der Waals surface area contributed by atoms with E-state index >= 15 is 0 Å². The van der Waals surface area contributed by atoms with Gasteiger partial charge in [0.1, 0.15) is 5.60 Å². The fraction of sp³-hybridized carbons (Fsp3) is 0.500. The highest BCUT2D eigenvalue weighted by Crippen LogP contribution is 2.17. The second-order valence-corrected chi connectivity index (χ2v) is 7.88. The van der Waals surface area contributed by atoms with Crippen LogP contribution in [0.3, 0.4) is 0 Å². The molecule has 0 aromatic heterocycles. The van der Waals surface area contributed by atoms with Crippen LogP contribution in [0.25, 0.3) is 0 Å². The van der Waals surface area contributed by atoms with E-state index in [0.717, 1.165) is 0 Å². The van der Waals surface area contributed by atoms with Crippen LogP contribution in [0.5, 0.6) is 0 Å². The predicted molar refractivity (Wildman–Crippen MR) is 81.9 cm³/mol. The smallest absolute Gasteiger partial charge is 0.407 e. The number of hydrogen-bond donors (Lipinski definition) is 2. The van der Waals surface area contributed by atoms with Crippen LogP contribution >= 0.6 is 0 Å². The normalized spacial score (nSPS) is 12.0. The summed E-state index contributed by atoms with van der Waals surface area (Å²) in [4.78, 5) is 11.6. The maximum Gasteiger partial charge on any atom is 0.407 e. The van der Waals surface area contributed by atoms with Crippen molar-refractivity contribution in [3.63, 3.8) is 0 Å². The molecule has 0 atom stereocenters. The van der Waals surface area contributed by atoms with Gasteiger partial charge in [0, 0.05) is 12.2 Å². The van der Waals surface area contributed by atoms with E-state index < -0.39 is 21.5 Å². The number of nitrogens with one attached hydrogen (secondary N) is 1. The molecule has 0 saturated carbocycles. The standard InChI is InChI=1S/C14H22N2O4S/c1-10-9-11(5-6-12(10)15)21(18,19)8-7-16-13(17)20-14(2,3)4/h5-6,9H,7-8,15H2,1-4H3,(H,16,17). The zero-order chi connectivity index (χ0) is 16.3. The van der Waals surface area contributed by atoms with Gasteiger partial charge in [-0.25, -0.2) is 13.2 Å². The Morgan fingerprint density at radius 1 is 1.33 bits per heavy atom. The molecule has 3 N–H and O–H groups in total. The number of alkyl carbamates (subject to hydrolysis) is 1.